The highest BCUT2D eigenvalue weighted by molar-refractivity contribution is 7.22. The largest absolute Gasteiger partial charge is 0.494 e. The van der Waals surface area contributed by atoms with Crippen LogP contribution in [0.2, 0.25) is 0 Å². The molecule has 0 aliphatic heterocycles. The molecule has 0 fully saturated rings. The highest BCUT2D eigenvalue weighted by Crippen LogP contribution is 2.32. The fraction of sp³-hybridized carbons (Fsp3) is 0.192. The normalized spacial score (nSPS) is 11.2. The molecule has 0 N–H and O–H groups in total. The third-order valence-corrected chi connectivity index (χ3v) is 6.54. The van der Waals surface area contributed by atoms with Gasteiger partial charge in [0.25, 0.3) is 0 Å². The lowest BCUT2D eigenvalue weighted by Gasteiger charge is -2.20. The number of nitrogens with zero attached hydrogens (tertiary/aromatic N) is 3. The lowest BCUT2D eigenvalue weighted by Crippen LogP contribution is -2.31. The van der Waals surface area contributed by atoms with Crippen molar-refractivity contribution in [3.05, 3.63) is 88.9 Å². The van der Waals surface area contributed by atoms with Gasteiger partial charge in [0.15, 0.2) is 10.7 Å². The van der Waals surface area contributed by atoms with Gasteiger partial charge in [-0.05, 0) is 42.8 Å². The van der Waals surface area contributed by atoms with E-state index in [9.17, 15) is 9.59 Å². The number of amides is 1. The minimum atomic E-state index is -0.466. The molecule has 0 saturated carbocycles. The Morgan fingerprint density at radius 2 is 1.88 bits per heavy atom. The van der Waals surface area contributed by atoms with Gasteiger partial charge in [-0.1, -0.05) is 53.8 Å². The molecular formula is C26H23N3O4S. The van der Waals surface area contributed by atoms with Gasteiger partial charge in [0.1, 0.15) is 5.75 Å². The molecule has 0 radical (unpaired) electrons. The van der Waals surface area contributed by atoms with E-state index in [1.807, 2.05) is 73.7 Å². The third kappa shape index (κ3) is 4.45. The van der Waals surface area contributed by atoms with Crippen LogP contribution in [-0.2, 0) is 17.9 Å². The minimum absolute atomic E-state index is 0.120. The van der Waals surface area contributed by atoms with Crippen molar-refractivity contribution < 1.29 is 13.9 Å². The number of thiazole rings is 1. The molecule has 34 heavy (non-hydrogen) atoms. The predicted molar refractivity (Wildman–Crippen MR) is 134 cm³/mol. The van der Waals surface area contributed by atoms with Crippen molar-refractivity contribution in [3.63, 3.8) is 0 Å². The molecule has 0 unspecified atom stereocenters. The number of carbonyl (C=O) groups excluding carboxylic acids is 1. The molecule has 5 aromatic rings. The van der Waals surface area contributed by atoms with Crippen molar-refractivity contribution >= 4 is 43.7 Å². The van der Waals surface area contributed by atoms with Crippen molar-refractivity contribution in [1.29, 1.82) is 0 Å². The molecule has 0 spiro atoms. The van der Waals surface area contributed by atoms with Crippen LogP contribution in [0.15, 0.2) is 82.0 Å². The third-order valence-electron chi connectivity index (χ3n) is 5.50. The van der Waals surface area contributed by atoms with Gasteiger partial charge in [0.05, 0.1) is 28.9 Å². The Kier molecular flexibility index (Phi) is 6.14. The van der Waals surface area contributed by atoms with Crippen LogP contribution in [-0.4, -0.2) is 22.1 Å². The molecule has 0 saturated heterocycles. The molecule has 0 atom stereocenters. The summed E-state index contributed by atoms with van der Waals surface area (Å²) in [5, 5.41) is 0.613. The number of rotatable bonds is 8. The highest BCUT2D eigenvalue weighted by atomic mass is 32.1. The van der Waals surface area contributed by atoms with E-state index in [0.29, 0.717) is 29.4 Å². The maximum Gasteiger partial charge on any atom is 0.419 e. The summed E-state index contributed by atoms with van der Waals surface area (Å²) in [5.41, 5.74) is 3.00. The molecule has 0 aliphatic carbocycles. The molecular weight excluding hydrogens is 450 g/mol. The lowest BCUT2D eigenvalue weighted by molar-refractivity contribution is -0.119. The second-order valence-electron chi connectivity index (χ2n) is 7.76. The Labute approximate surface area is 199 Å². The van der Waals surface area contributed by atoms with Crippen molar-refractivity contribution in [3.8, 4) is 5.75 Å². The van der Waals surface area contributed by atoms with Crippen LogP contribution >= 0.6 is 11.3 Å². The summed E-state index contributed by atoms with van der Waals surface area (Å²) in [6.45, 7) is 3.13. The number of ether oxygens (including phenoxy) is 1. The van der Waals surface area contributed by atoms with Gasteiger partial charge in [0.2, 0.25) is 5.91 Å². The van der Waals surface area contributed by atoms with Crippen LogP contribution in [0.3, 0.4) is 0 Å². The molecule has 5 rings (SSSR count). The number of para-hydroxylation sites is 2. The molecule has 8 heteroatoms. The van der Waals surface area contributed by atoms with Crippen LogP contribution < -0.4 is 15.4 Å². The SMILES string of the molecule is CCOc1ccc2nc(N(Cc3ccccc3)C(=O)CCn3c(=O)oc4ccccc43)sc2c1. The number of anilines is 1. The number of fused-ring (bicyclic) bond motifs is 2. The van der Waals surface area contributed by atoms with Crippen molar-refractivity contribution in [1.82, 2.24) is 9.55 Å². The number of aryl methyl sites for hydroxylation is 1. The Bertz CT molecular complexity index is 1500. The van der Waals surface area contributed by atoms with E-state index in [0.717, 1.165) is 21.5 Å². The van der Waals surface area contributed by atoms with E-state index in [1.165, 1.54) is 15.9 Å². The topological polar surface area (TPSA) is 77.6 Å². The van der Waals surface area contributed by atoms with Gasteiger partial charge in [-0.15, -0.1) is 0 Å². The molecule has 2 aromatic heterocycles. The van der Waals surface area contributed by atoms with Crippen molar-refractivity contribution in [2.45, 2.75) is 26.4 Å². The van der Waals surface area contributed by atoms with E-state index in [2.05, 4.69) is 0 Å². The molecule has 0 aliphatic rings. The first-order valence-corrected chi connectivity index (χ1v) is 11.9. The Morgan fingerprint density at radius 1 is 1.09 bits per heavy atom. The Hall–Kier alpha value is -3.91. The fourth-order valence-electron chi connectivity index (χ4n) is 3.86. The second-order valence-corrected chi connectivity index (χ2v) is 8.77. The number of hydrogen-bond acceptors (Lipinski definition) is 6. The first-order chi connectivity index (χ1) is 16.6. The van der Waals surface area contributed by atoms with Gasteiger partial charge in [-0.25, -0.2) is 9.78 Å². The molecule has 2 heterocycles. The van der Waals surface area contributed by atoms with E-state index in [1.54, 1.807) is 11.0 Å². The van der Waals surface area contributed by atoms with Gasteiger partial charge in [-0.3, -0.25) is 14.3 Å². The maximum atomic E-state index is 13.5. The summed E-state index contributed by atoms with van der Waals surface area (Å²) in [4.78, 5) is 32.2. The summed E-state index contributed by atoms with van der Waals surface area (Å²) in [5.74, 6) is 0.189. The van der Waals surface area contributed by atoms with Crippen LogP contribution in [0.5, 0.6) is 5.75 Å². The quantitative estimate of drug-likeness (QED) is 0.309. The molecule has 1 amide bonds. The van der Waals surface area contributed by atoms with Crippen LogP contribution in [0, 0.1) is 0 Å². The summed E-state index contributed by atoms with van der Waals surface area (Å²) >= 11 is 1.45. The standard InChI is InChI=1S/C26H23N3O4S/c1-2-32-19-12-13-20-23(16-19)34-25(27-20)29(17-18-8-4-3-5-9-18)24(30)14-15-28-21-10-6-7-11-22(21)33-26(28)31/h3-13,16H,2,14-15,17H2,1H3. The molecule has 172 valence electrons. The maximum absolute atomic E-state index is 13.5. The average molecular weight is 474 g/mol. The van der Waals surface area contributed by atoms with Gasteiger partial charge in [-0.2, -0.15) is 0 Å². The van der Waals surface area contributed by atoms with Gasteiger partial charge < -0.3 is 9.15 Å². The van der Waals surface area contributed by atoms with Gasteiger partial charge >= 0.3 is 5.76 Å². The van der Waals surface area contributed by atoms with Crippen molar-refractivity contribution in [2.75, 3.05) is 11.5 Å². The number of aromatic nitrogens is 2. The zero-order valence-electron chi connectivity index (χ0n) is 18.6. The zero-order valence-corrected chi connectivity index (χ0v) is 19.5. The summed E-state index contributed by atoms with van der Waals surface area (Å²) in [7, 11) is 0. The monoisotopic (exact) mass is 473 g/mol. The minimum Gasteiger partial charge on any atom is -0.494 e. The number of oxazole rings is 1. The first-order valence-electron chi connectivity index (χ1n) is 11.1. The number of hydrogen-bond donors (Lipinski definition) is 0. The molecule has 3 aromatic carbocycles. The van der Waals surface area contributed by atoms with Crippen LogP contribution in [0.4, 0.5) is 5.13 Å². The summed E-state index contributed by atoms with van der Waals surface area (Å²) in [6, 6.07) is 22.7. The molecule has 0 bridgehead atoms. The summed E-state index contributed by atoms with van der Waals surface area (Å²) in [6.07, 6.45) is 0.135. The zero-order chi connectivity index (χ0) is 23.5. The summed E-state index contributed by atoms with van der Waals surface area (Å²) < 4.78 is 13.4. The molecule has 7 nitrogen and oxygen atoms in total. The smallest absolute Gasteiger partial charge is 0.419 e. The Balaban J connectivity index is 1.44. The average Bonchev–Trinajstić information content (AvgIpc) is 3.41. The number of benzene rings is 3. The van der Waals surface area contributed by atoms with Crippen molar-refractivity contribution in [2.24, 2.45) is 0 Å². The van der Waals surface area contributed by atoms with E-state index in [-0.39, 0.29) is 18.9 Å². The number of carbonyl (C=O) groups is 1. The lowest BCUT2D eigenvalue weighted by atomic mass is 10.2. The van der Waals surface area contributed by atoms with E-state index in [4.69, 9.17) is 14.1 Å². The van der Waals surface area contributed by atoms with Crippen LogP contribution in [0.1, 0.15) is 18.9 Å². The van der Waals surface area contributed by atoms with E-state index >= 15 is 0 Å². The fourth-order valence-corrected chi connectivity index (χ4v) is 4.87. The van der Waals surface area contributed by atoms with Gasteiger partial charge in [0, 0.05) is 13.0 Å². The van der Waals surface area contributed by atoms with Crippen LogP contribution in [0.25, 0.3) is 21.3 Å². The Morgan fingerprint density at radius 3 is 2.71 bits per heavy atom. The highest BCUT2D eigenvalue weighted by Gasteiger charge is 2.21. The van der Waals surface area contributed by atoms with E-state index < -0.39 is 5.76 Å². The first kappa shape index (κ1) is 21.9. The predicted octanol–water partition coefficient (Wildman–Crippen LogP) is 5.23. The second kappa shape index (κ2) is 9.52.